The van der Waals surface area contributed by atoms with Crippen molar-refractivity contribution in [2.24, 2.45) is 0 Å². The molecule has 0 aliphatic heterocycles. The Labute approximate surface area is 95.5 Å². The molecule has 3 heteroatoms. The summed E-state index contributed by atoms with van der Waals surface area (Å²) in [6.07, 6.45) is 4.35. The van der Waals surface area contributed by atoms with Gasteiger partial charge in [-0.3, -0.25) is 0 Å². The average Bonchev–Trinajstić information content (AvgIpc) is 2.83. The molecule has 1 N–H and O–H groups in total. The highest BCUT2D eigenvalue weighted by atomic mass is 16.3. The molecule has 1 atom stereocenters. The third-order valence-corrected chi connectivity index (χ3v) is 2.59. The SMILES string of the molecule is CCC(C)Nc1ccc(-c2ncco2)cc1. The van der Waals surface area contributed by atoms with Crippen LogP contribution in [0.3, 0.4) is 0 Å². The summed E-state index contributed by atoms with van der Waals surface area (Å²) < 4.78 is 5.23. The van der Waals surface area contributed by atoms with Gasteiger partial charge in [0.2, 0.25) is 5.89 Å². The lowest BCUT2D eigenvalue weighted by Gasteiger charge is -2.12. The number of rotatable bonds is 4. The molecule has 84 valence electrons. The lowest BCUT2D eigenvalue weighted by molar-refractivity contribution is 0.574. The number of benzene rings is 1. The Balaban J connectivity index is 2.11. The van der Waals surface area contributed by atoms with E-state index in [1.165, 1.54) is 0 Å². The fourth-order valence-corrected chi connectivity index (χ4v) is 1.46. The van der Waals surface area contributed by atoms with Crippen LogP contribution in [0.25, 0.3) is 11.5 Å². The monoisotopic (exact) mass is 216 g/mol. The number of nitrogens with one attached hydrogen (secondary N) is 1. The quantitative estimate of drug-likeness (QED) is 0.849. The van der Waals surface area contributed by atoms with Gasteiger partial charge in [-0.1, -0.05) is 6.92 Å². The van der Waals surface area contributed by atoms with Crippen LogP contribution in [0.15, 0.2) is 41.1 Å². The number of aromatic nitrogens is 1. The molecule has 1 unspecified atom stereocenters. The molecule has 0 spiro atoms. The van der Waals surface area contributed by atoms with Crippen LogP contribution in [0.1, 0.15) is 20.3 Å². The first-order valence-corrected chi connectivity index (χ1v) is 5.56. The predicted octanol–water partition coefficient (Wildman–Crippen LogP) is 3.55. The Kier molecular flexibility index (Phi) is 3.25. The Bertz CT molecular complexity index is 420. The molecule has 0 saturated heterocycles. The van der Waals surface area contributed by atoms with Gasteiger partial charge in [-0.2, -0.15) is 0 Å². The Morgan fingerprint density at radius 2 is 2.06 bits per heavy atom. The first kappa shape index (κ1) is 10.7. The van der Waals surface area contributed by atoms with Crippen molar-refractivity contribution in [2.75, 3.05) is 5.32 Å². The fourth-order valence-electron chi connectivity index (χ4n) is 1.46. The lowest BCUT2D eigenvalue weighted by Crippen LogP contribution is -2.12. The summed E-state index contributed by atoms with van der Waals surface area (Å²) in [5.74, 6) is 0.662. The van der Waals surface area contributed by atoms with Crippen LogP contribution < -0.4 is 5.32 Å². The summed E-state index contributed by atoms with van der Waals surface area (Å²) >= 11 is 0. The Hall–Kier alpha value is -1.77. The van der Waals surface area contributed by atoms with Crippen LogP contribution in [0.2, 0.25) is 0 Å². The second-order valence-corrected chi connectivity index (χ2v) is 3.87. The molecule has 2 rings (SSSR count). The van der Waals surface area contributed by atoms with E-state index in [0.29, 0.717) is 11.9 Å². The van der Waals surface area contributed by atoms with E-state index in [1.807, 2.05) is 24.3 Å². The molecular weight excluding hydrogens is 200 g/mol. The Morgan fingerprint density at radius 3 is 2.62 bits per heavy atom. The van der Waals surface area contributed by atoms with Gasteiger partial charge in [0.1, 0.15) is 6.26 Å². The van der Waals surface area contributed by atoms with Gasteiger partial charge in [0.15, 0.2) is 0 Å². The maximum absolute atomic E-state index is 5.23. The summed E-state index contributed by atoms with van der Waals surface area (Å²) in [6.45, 7) is 4.33. The van der Waals surface area contributed by atoms with Gasteiger partial charge in [0, 0.05) is 17.3 Å². The summed E-state index contributed by atoms with van der Waals surface area (Å²) in [6, 6.07) is 8.61. The lowest BCUT2D eigenvalue weighted by atomic mass is 10.2. The van der Waals surface area contributed by atoms with Crippen molar-refractivity contribution >= 4 is 5.69 Å². The first-order valence-electron chi connectivity index (χ1n) is 5.56. The van der Waals surface area contributed by atoms with E-state index in [-0.39, 0.29) is 0 Å². The third-order valence-electron chi connectivity index (χ3n) is 2.59. The van der Waals surface area contributed by atoms with Gasteiger partial charge in [-0.25, -0.2) is 4.98 Å². The van der Waals surface area contributed by atoms with Crippen LogP contribution in [-0.2, 0) is 0 Å². The van der Waals surface area contributed by atoms with Crippen LogP contribution in [-0.4, -0.2) is 11.0 Å². The van der Waals surface area contributed by atoms with E-state index in [9.17, 15) is 0 Å². The van der Waals surface area contributed by atoms with E-state index in [2.05, 4.69) is 24.1 Å². The average molecular weight is 216 g/mol. The van der Waals surface area contributed by atoms with Crippen molar-refractivity contribution in [3.63, 3.8) is 0 Å². The summed E-state index contributed by atoms with van der Waals surface area (Å²) in [5.41, 5.74) is 2.13. The Morgan fingerprint density at radius 1 is 1.31 bits per heavy atom. The summed E-state index contributed by atoms with van der Waals surface area (Å²) in [4.78, 5) is 4.11. The van der Waals surface area contributed by atoms with Gasteiger partial charge >= 0.3 is 0 Å². The van der Waals surface area contributed by atoms with Gasteiger partial charge in [0.05, 0.1) is 6.20 Å². The predicted molar refractivity (Wildman–Crippen MR) is 65.3 cm³/mol. The zero-order valence-corrected chi connectivity index (χ0v) is 9.60. The van der Waals surface area contributed by atoms with Crippen molar-refractivity contribution in [1.82, 2.24) is 4.98 Å². The summed E-state index contributed by atoms with van der Waals surface area (Å²) in [7, 11) is 0. The molecule has 16 heavy (non-hydrogen) atoms. The van der Waals surface area contributed by atoms with Crippen LogP contribution in [0, 0.1) is 0 Å². The van der Waals surface area contributed by atoms with Crippen LogP contribution in [0.5, 0.6) is 0 Å². The fraction of sp³-hybridized carbons (Fsp3) is 0.308. The normalized spacial score (nSPS) is 12.4. The molecular formula is C13H16N2O. The van der Waals surface area contributed by atoms with Gasteiger partial charge < -0.3 is 9.73 Å². The zero-order chi connectivity index (χ0) is 11.4. The van der Waals surface area contributed by atoms with Crippen molar-refractivity contribution in [3.8, 4) is 11.5 Å². The number of oxazole rings is 1. The molecule has 0 radical (unpaired) electrons. The standard InChI is InChI=1S/C13H16N2O/c1-3-10(2)15-12-6-4-11(5-7-12)13-14-8-9-16-13/h4-10,15H,3H2,1-2H3. The molecule has 0 aliphatic rings. The van der Waals surface area contributed by atoms with Crippen LogP contribution >= 0.6 is 0 Å². The van der Waals surface area contributed by atoms with E-state index < -0.39 is 0 Å². The number of hydrogen-bond acceptors (Lipinski definition) is 3. The maximum Gasteiger partial charge on any atom is 0.225 e. The second kappa shape index (κ2) is 4.84. The van der Waals surface area contributed by atoms with Crippen molar-refractivity contribution in [1.29, 1.82) is 0 Å². The second-order valence-electron chi connectivity index (χ2n) is 3.87. The molecule has 1 aromatic carbocycles. The largest absolute Gasteiger partial charge is 0.445 e. The highest BCUT2D eigenvalue weighted by Crippen LogP contribution is 2.19. The molecule has 1 aromatic heterocycles. The molecule has 2 aromatic rings. The minimum atomic E-state index is 0.493. The first-order chi connectivity index (χ1) is 7.79. The van der Waals surface area contributed by atoms with E-state index in [4.69, 9.17) is 4.42 Å². The number of hydrogen-bond donors (Lipinski definition) is 1. The molecule has 1 heterocycles. The van der Waals surface area contributed by atoms with E-state index >= 15 is 0 Å². The highest BCUT2D eigenvalue weighted by molar-refractivity contribution is 5.58. The minimum absolute atomic E-state index is 0.493. The molecule has 0 fully saturated rings. The van der Waals surface area contributed by atoms with Crippen LogP contribution in [0.4, 0.5) is 5.69 Å². The van der Waals surface area contributed by atoms with E-state index in [1.54, 1.807) is 12.5 Å². The van der Waals surface area contributed by atoms with Gasteiger partial charge in [-0.15, -0.1) is 0 Å². The maximum atomic E-state index is 5.23. The van der Waals surface area contributed by atoms with Gasteiger partial charge in [0.25, 0.3) is 0 Å². The topological polar surface area (TPSA) is 38.1 Å². The molecule has 0 saturated carbocycles. The van der Waals surface area contributed by atoms with Crippen molar-refractivity contribution < 1.29 is 4.42 Å². The van der Waals surface area contributed by atoms with E-state index in [0.717, 1.165) is 17.7 Å². The third kappa shape index (κ3) is 2.42. The molecule has 0 bridgehead atoms. The minimum Gasteiger partial charge on any atom is -0.445 e. The van der Waals surface area contributed by atoms with Crippen molar-refractivity contribution in [2.45, 2.75) is 26.3 Å². The zero-order valence-electron chi connectivity index (χ0n) is 9.60. The summed E-state index contributed by atoms with van der Waals surface area (Å²) in [5, 5.41) is 3.41. The molecule has 3 nitrogen and oxygen atoms in total. The molecule has 0 aliphatic carbocycles. The smallest absolute Gasteiger partial charge is 0.225 e. The van der Waals surface area contributed by atoms with Gasteiger partial charge in [-0.05, 0) is 37.6 Å². The van der Waals surface area contributed by atoms with Crippen molar-refractivity contribution in [3.05, 3.63) is 36.7 Å². The molecule has 0 amide bonds. The highest BCUT2D eigenvalue weighted by Gasteiger charge is 2.02. The number of anilines is 1. The number of nitrogens with zero attached hydrogens (tertiary/aromatic N) is 1.